The smallest absolute Gasteiger partial charge is 0.0619 e. The zero-order valence-electron chi connectivity index (χ0n) is 26.8. The molecule has 0 fully saturated rings. The van der Waals surface area contributed by atoms with E-state index < -0.39 is 0 Å². The third-order valence-corrected chi connectivity index (χ3v) is 9.92. The lowest BCUT2D eigenvalue weighted by Crippen LogP contribution is -1.94. The lowest BCUT2D eigenvalue weighted by atomic mass is 9.91. The molecule has 1 aromatic heterocycles. The van der Waals surface area contributed by atoms with Gasteiger partial charge >= 0.3 is 0 Å². The van der Waals surface area contributed by atoms with E-state index in [1.807, 2.05) is 6.08 Å². The molecule has 9 aromatic rings. The SMILES string of the molecule is C=C/C(=C\C)c1ccc(-c2ccc3c(ccc4c5ccc(-c6ccc7ccccc7c6)cc5n(-c5ccccc5)c34)c2)c2ccccc12. The van der Waals surface area contributed by atoms with Gasteiger partial charge in [-0.3, -0.25) is 0 Å². The van der Waals surface area contributed by atoms with Crippen molar-refractivity contribution >= 4 is 59.7 Å². The Labute approximate surface area is 280 Å². The minimum atomic E-state index is 1.15. The number of benzene rings is 8. The molecule has 1 heterocycles. The van der Waals surface area contributed by atoms with Gasteiger partial charge in [-0.2, -0.15) is 0 Å². The van der Waals surface area contributed by atoms with Crippen LogP contribution in [-0.2, 0) is 0 Å². The van der Waals surface area contributed by atoms with Crippen molar-refractivity contribution in [3.05, 3.63) is 182 Å². The molecule has 0 aliphatic rings. The predicted octanol–water partition coefficient (Wildman–Crippen LogP) is 13.2. The Bertz CT molecular complexity index is 2740. The molecule has 0 saturated heterocycles. The van der Waals surface area contributed by atoms with Crippen LogP contribution < -0.4 is 0 Å². The summed E-state index contributed by atoms with van der Waals surface area (Å²) >= 11 is 0. The highest BCUT2D eigenvalue weighted by atomic mass is 15.0. The van der Waals surface area contributed by atoms with E-state index in [2.05, 4.69) is 182 Å². The van der Waals surface area contributed by atoms with Gasteiger partial charge in [0, 0.05) is 21.8 Å². The van der Waals surface area contributed by atoms with Crippen LogP contribution in [0.25, 0.3) is 87.6 Å². The average Bonchev–Trinajstić information content (AvgIpc) is 3.49. The van der Waals surface area contributed by atoms with E-state index in [1.54, 1.807) is 0 Å². The van der Waals surface area contributed by atoms with E-state index >= 15 is 0 Å². The fraction of sp³-hybridized carbons (Fsp3) is 0.0213. The van der Waals surface area contributed by atoms with Crippen molar-refractivity contribution < 1.29 is 0 Å². The Morgan fingerprint density at radius 3 is 1.98 bits per heavy atom. The molecular formula is C47H33N. The minimum Gasteiger partial charge on any atom is -0.309 e. The fourth-order valence-electron chi connectivity index (χ4n) is 7.58. The van der Waals surface area contributed by atoms with Crippen LogP contribution in [-0.4, -0.2) is 4.57 Å². The second-order valence-electron chi connectivity index (χ2n) is 12.5. The topological polar surface area (TPSA) is 4.93 Å². The highest BCUT2D eigenvalue weighted by Gasteiger charge is 2.17. The summed E-state index contributed by atoms with van der Waals surface area (Å²) in [6.07, 6.45) is 4.08. The number of hydrogen-bond acceptors (Lipinski definition) is 0. The van der Waals surface area contributed by atoms with Crippen LogP contribution in [0.4, 0.5) is 0 Å². The molecule has 0 spiro atoms. The molecule has 0 saturated carbocycles. The molecule has 48 heavy (non-hydrogen) atoms. The first-order chi connectivity index (χ1) is 23.7. The van der Waals surface area contributed by atoms with Gasteiger partial charge in [-0.05, 0) is 97.6 Å². The summed E-state index contributed by atoms with van der Waals surface area (Å²) in [4.78, 5) is 0. The third-order valence-electron chi connectivity index (χ3n) is 9.92. The number of rotatable bonds is 5. The monoisotopic (exact) mass is 611 g/mol. The summed E-state index contributed by atoms with van der Waals surface area (Å²) in [6.45, 7) is 6.13. The van der Waals surface area contributed by atoms with E-state index in [0.29, 0.717) is 0 Å². The van der Waals surface area contributed by atoms with Crippen LogP contribution in [0, 0.1) is 0 Å². The molecular weight excluding hydrogens is 579 g/mol. The van der Waals surface area contributed by atoms with Gasteiger partial charge in [-0.1, -0.05) is 146 Å². The average molecular weight is 612 g/mol. The maximum atomic E-state index is 4.06. The Balaban J connectivity index is 1.27. The van der Waals surface area contributed by atoms with Gasteiger partial charge in [0.2, 0.25) is 0 Å². The molecule has 0 radical (unpaired) electrons. The summed E-state index contributed by atoms with van der Waals surface area (Å²) in [5, 5.41) is 9.99. The van der Waals surface area contributed by atoms with Gasteiger partial charge in [-0.25, -0.2) is 0 Å². The van der Waals surface area contributed by atoms with Gasteiger partial charge in [-0.15, -0.1) is 0 Å². The van der Waals surface area contributed by atoms with Crippen molar-refractivity contribution in [3.63, 3.8) is 0 Å². The van der Waals surface area contributed by atoms with Crippen molar-refractivity contribution in [2.45, 2.75) is 6.92 Å². The van der Waals surface area contributed by atoms with Gasteiger partial charge in [0.05, 0.1) is 11.0 Å². The summed E-state index contributed by atoms with van der Waals surface area (Å²) in [7, 11) is 0. The molecule has 1 heteroatoms. The van der Waals surface area contributed by atoms with Crippen molar-refractivity contribution in [3.8, 4) is 27.9 Å². The Kier molecular flexibility index (Phi) is 6.59. The second-order valence-corrected chi connectivity index (χ2v) is 12.5. The summed E-state index contributed by atoms with van der Waals surface area (Å²) in [5.74, 6) is 0. The second kappa shape index (κ2) is 11.3. The van der Waals surface area contributed by atoms with Crippen LogP contribution in [0.2, 0.25) is 0 Å². The van der Waals surface area contributed by atoms with Crippen LogP contribution in [0.15, 0.2) is 176 Å². The van der Waals surface area contributed by atoms with Gasteiger partial charge in [0.25, 0.3) is 0 Å². The molecule has 0 N–H and O–H groups in total. The molecule has 0 atom stereocenters. The first kappa shape index (κ1) is 28.1. The van der Waals surface area contributed by atoms with Crippen LogP contribution in [0.1, 0.15) is 12.5 Å². The lowest BCUT2D eigenvalue weighted by molar-refractivity contribution is 1.19. The quantitative estimate of drug-likeness (QED) is 0.171. The minimum absolute atomic E-state index is 1.15. The first-order valence-corrected chi connectivity index (χ1v) is 16.6. The molecule has 0 bridgehead atoms. The maximum Gasteiger partial charge on any atom is 0.0619 e. The van der Waals surface area contributed by atoms with Crippen molar-refractivity contribution in [2.75, 3.05) is 0 Å². The zero-order chi connectivity index (χ0) is 32.2. The number of aromatic nitrogens is 1. The van der Waals surface area contributed by atoms with Crippen LogP contribution in [0.3, 0.4) is 0 Å². The molecule has 1 nitrogen and oxygen atoms in total. The van der Waals surface area contributed by atoms with E-state index in [4.69, 9.17) is 0 Å². The molecule has 8 aromatic carbocycles. The number of para-hydroxylation sites is 1. The molecule has 0 amide bonds. The van der Waals surface area contributed by atoms with E-state index in [1.165, 1.54) is 81.9 Å². The standard InChI is InChI=1S/C47H33N/c1-3-31(4-2)39-26-27-40(43-17-11-10-16-42(39)43)36-21-23-41-37(29-36)22-25-45-44-24-20-35(34-19-18-32-12-8-9-13-33(32)28-34)30-46(44)48(47(41)45)38-14-6-5-7-15-38/h3-30H,1H2,2H3/b31-4+. The van der Waals surface area contributed by atoms with Gasteiger partial charge < -0.3 is 4.57 Å². The lowest BCUT2D eigenvalue weighted by Gasteiger charge is -2.14. The van der Waals surface area contributed by atoms with Crippen molar-refractivity contribution in [1.82, 2.24) is 4.57 Å². The van der Waals surface area contributed by atoms with Crippen molar-refractivity contribution in [2.24, 2.45) is 0 Å². The Morgan fingerprint density at radius 2 is 1.15 bits per heavy atom. The van der Waals surface area contributed by atoms with Crippen molar-refractivity contribution in [1.29, 1.82) is 0 Å². The molecule has 0 unspecified atom stereocenters. The third kappa shape index (κ3) is 4.40. The largest absolute Gasteiger partial charge is 0.309 e. The number of fused-ring (bicyclic) bond motifs is 7. The first-order valence-electron chi connectivity index (χ1n) is 16.6. The van der Waals surface area contributed by atoms with Gasteiger partial charge in [0.1, 0.15) is 0 Å². The molecule has 0 aliphatic heterocycles. The van der Waals surface area contributed by atoms with Gasteiger partial charge in [0.15, 0.2) is 0 Å². The fourth-order valence-corrected chi connectivity index (χ4v) is 7.58. The Hall–Kier alpha value is -6.18. The molecule has 226 valence electrons. The van der Waals surface area contributed by atoms with Crippen LogP contribution >= 0.6 is 0 Å². The highest BCUT2D eigenvalue weighted by molar-refractivity contribution is 6.19. The normalized spacial score (nSPS) is 12.1. The molecule has 9 rings (SSSR count). The maximum absolute atomic E-state index is 4.06. The van der Waals surface area contributed by atoms with Crippen LogP contribution in [0.5, 0.6) is 0 Å². The molecule has 0 aliphatic carbocycles. The predicted molar refractivity (Wildman–Crippen MR) is 208 cm³/mol. The van der Waals surface area contributed by atoms with E-state index in [9.17, 15) is 0 Å². The van der Waals surface area contributed by atoms with E-state index in [-0.39, 0.29) is 0 Å². The number of nitrogens with zero attached hydrogens (tertiary/aromatic N) is 1. The zero-order valence-corrected chi connectivity index (χ0v) is 26.8. The number of hydrogen-bond donors (Lipinski definition) is 0. The Morgan fingerprint density at radius 1 is 0.500 bits per heavy atom. The summed E-state index contributed by atoms with van der Waals surface area (Å²) in [5.41, 5.74) is 10.9. The summed E-state index contributed by atoms with van der Waals surface area (Å²) in [6, 6.07) is 57.8. The number of allylic oxidation sites excluding steroid dienone is 3. The highest BCUT2D eigenvalue weighted by Crippen LogP contribution is 2.41. The van der Waals surface area contributed by atoms with E-state index in [0.717, 1.165) is 11.3 Å². The summed E-state index contributed by atoms with van der Waals surface area (Å²) < 4.78 is 2.45.